The van der Waals surface area contributed by atoms with Crippen LogP contribution in [0.15, 0.2) is 11.4 Å². The fourth-order valence-electron chi connectivity index (χ4n) is 1.03. The van der Waals surface area contributed by atoms with Crippen molar-refractivity contribution in [2.24, 2.45) is 5.73 Å². The highest BCUT2D eigenvalue weighted by Crippen LogP contribution is 2.11. The first-order valence-corrected chi connectivity index (χ1v) is 5.45. The Bertz CT molecular complexity index is 303. The molecule has 0 spiro atoms. The molecule has 0 aliphatic heterocycles. The number of hydrogen-bond acceptors (Lipinski definition) is 2. The maximum atomic E-state index is 5.38. The van der Waals surface area contributed by atoms with Crippen molar-refractivity contribution in [3.05, 3.63) is 21.9 Å². The Kier molecular flexibility index (Phi) is 4.59. The van der Waals surface area contributed by atoms with Gasteiger partial charge in [0.25, 0.3) is 0 Å². The Morgan fingerprint density at radius 2 is 2.31 bits per heavy atom. The van der Waals surface area contributed by atoms with Gasteiger partial charge in [-0.3, -0.25) is 0 Å². The SMILES string of the molecule is Cc1cc(C#CCCCCN)cs1. The van der Waals surface area contributed by atoms with Gasteiger partial charge in [0.15, 0.2) is 0 Å². The first-order chi connectivity index (χ1) is 6.33. The molecule has 1 rings (SSSR count). The van der Waals surface area contributed by atoms with Gasteiger partial charge in [0.05, 0.1) is 0 Å². The van der Waals surface area contributed by atoms with Crippen molar-refractivity contribution >= 4 is 11.3 Å². The highest BCUT2D eigenvalue weighted by molar-refractivity contribution is 7.10. The van der Waals surface area contributed by atoms with Crippen LogP contribution in [0, 0.1) is 18.8 Å². The summed E-state index contributed by atoms with van der Waals surface area (Å²) in [6, 6.07) is 2.13. The van der Waals surface area contributed by atoms with E-state index in [9.17, 15) is 0 Å². The van der Waals surface area contributed by atoms with Crippen LogP contribution in [-0.4, -0.2) is 6.54 Å². The van der Waals surface area contributed by atoms with E-state index in [2.05, 4.69) is 30.2 Å². The number of rotatable bonds is 3. The largest absolute Gasteiger partial charge is 0.330 e. The predicted molar refractivity (Wildman–Crippen MR) is 58.8 cm³/mol. The second kappa shape index (κ2) is 5.80. The van der Waals surface area contributed by atoms with Crippen molar-refractivity contribution in [1.29, 1.82) is 0 Å². The summed E-state index contributed by atoms with van der Waals surface area (Å²) < 4.78 is 0. The van der Waals surface area contributed by atoms with Gasteiger partial charge < -0.3 is 5.73 Å². The minimum atomic E-state index is 0.777. The van der Waals surface area contributed by atoms with Crippen molar-refractivity contribution < 1.29 is 0 Å². The number of thiophene rings is 1. The summed E-state index contributed by atoms with van der Waals surface area (Å²) in [6.07, 6.45) is 3.16. The lowest BCUT2D eigenvalue weighted by atomic mass is 10.2. The quantitative estimate of drug-likeness (QED) is 0.579. The van der Waals surface area contributed by atoms with Gasteiger partial charge in [0.1, 0.15) is 0 Å². The molecule has 1 aromatic rings. The monoisotopic (exact) mass is 193 g/mol. The standard InChI is InChI=1S/C11H15NS/c1-10-8-11(9-13-10)6-4-2-3-5-7-12/h8-9H,2-3,5,7,12H2,1H3. The molecule has 70 valence electrons. The lowest BCUT2D eigenvalue weighted by Crippen LogP contribution is -1.96. The van der Waals surface area contributed by atoms with Crippen LogP contribution in [0.25, 0.3) is 0 Å². The Morgan fingerprint density at radius 3 is 2.92 bits per heavy atom. The zero-order valence-corrected chi connectivity index (χ0v) is 8.79. The fraction of sp³-hybridized carbons (Fsp3) is 0.455. The molecule has 1 aromatic heterocycles. The van der Waals surface area contributed by atoms with Crippen molar-refractivity contribution in [2.75, 3.05) is 6.54 Å². The predicted octanol–water partition coefficient (Wildman–Crippen LogP) is 2.54. The summed E-state index contributed by atoms with van der Waals surface area (Å²) in [5.41, 5.74) is 6.53. The van der Waals surface area contributed by atoms with Crippen LogP contribution in [0.1, 0.15) is 29.7 Å². The molecule has 2 N–H and O–H groups in total. The highest BCUT2D eigenvalue weighted by atomic mass is 32.1. The molecule has 0 radical (unpaired) electrons. The molecule has 0 aliphatic carbocycles. The first kappa shape index (κ1) is 10.3. The number of nitrogens with two attached hydrogens (primary N) is 1. The van der Waals surface area contributed by atoms with Gasteiger partial charge in [-0.05, 0) is 32.4 Å². The van der Waals surface area contributed by atoms with Gasteiger partial charge in [-0.25, -0.2) is 0 Å². The molecule has 0 saturated carbocycles. The van der Waals surface area contributed by atoms with Crippen LogP contribution in [0.5, 0.6) is 0 Å². The lowest BCUT2D eigenvalue weighted by molar-refractivity contribution is 0.768. The van der Waals surface area contributed by atoms with E-state index in [4.69, 9.17) is 5.73 Å². The third-order valence-electron chi connectivity index (χ3n) is 1.72. The van der Waals surface area contributed by atoms with Gasteiger partial charge >= 0.3 is 0 Å². The van der Waals surface area contributed by atoms with E-state index in [1.54, 1.807) is 11.3 Å². The number of unbranched alkanes of at least 4 members (excludes halogenated alkanes) is 2. The average molecular weight is 193 g/mol. The molecule has 0 unspecified atom stereocenters. The Labute approximate surface area is 84.0 Å². The Balaban J connectivity index is 2.31. The molecule has 2 heteroatoms. The molecular formula is C11H15NS. The molecule has 1 nitrogen and oxygen atoms in total. The van der Waals surface area contributed by atoms with Crippen LogP contribution >= 0.6 is 11.3 Å². The Hall–Kier alpha value is -0.780. The summed E-state index contributed by atoms with van der Waals surface area (Å²) in [5.74, 6) is 6.29. The van der Waals surface area contributed by atoms with Crippen molar-refractivity contribution in [1.82, 2.24) is 0 Å². The van der Waals surface area contributed by atoms with Crippen LogP contribution in [0.2, 0.25) is 0 Å². The Morgan fingerprint density at radius 1 is 1.46 bits per heavy atom. The zero-order chi connectivity index (χ0) is 9.52. The zero-order valence-electron chi connectivity index (χ0n) is 7.97. The van der Waals surface area contributed by atoms with Crippen molar-refractivity contribution in [2.45, 2.75) is 26.2 Å². The van der Waals surface area contributed by atoms with E-state index in [1.807, 2.05) is 0 Å². The normalized spacial score (nSPS) is 9.38. The number of hydrogen-bond donors (Lipinski definition) is 1. The molecule has 13 heavy (non-hydrogen) atoms. The summed E-state index contributed by atoms with van der Waals surface area (Å²) in [7, 11) is 0. The van der Waals surface area contributed by atoms with Gasteiger partial charge in [0.2, 0.25) is 0 Å². The molecular weight excluding hydrogens is 178 g/mol. The molecule has 0 aliphatic rings. The maximum Gasteiger partial charge on any atom is 0.0354 e. The second-order valence-corrected chi connectivity index (χ2v) is 4.11. The van der Waals surface area contributed by atoms with Gasteiger partial charge in [-0.2, -0.15) is 0 Å². The fourth-order valence-corrected chi connectivity index (χ4v) is 1.67. The summed E-state index contributed by atoms with van der Waals surface area (Å²) in [5, 5.41) is 2.10. The van der Waals surface area contributed by atoms with Gasteiger partial charge in [-0.15, -0.1) is 11.3 Å². The maximum absolute atomic E-state index is 5.38. The molecule has 0 amide bonds. The molecule has 1 heterocycles. The third kappa shape index (κ3) is 4.12. The summed E-state index contributed by atoms with van der Waals surface area (Å²) in [4.78, 5) is 1.33. The smallest absolute Gasteiger partial charge is 0.0354 e. The van der Waals surface area contributed by atoms with Crippen molar-refractivity contribution in [3.8, 4) is 11.8 Å². The lowest BCUT2D eigenvalue weighted by Gasteiger charge is -1.88. The second-order valence-electron chi connectivity index (χ2n) is 2.99. The van der Waals surface area contributed by atoms with Crippen LogP contribution in [-0.2, 0) is 0 Å². The van der Waals surface area contributed by atoms with E-state index in [-0.39, 0.29) is 0 Å². The minimum absolute atomic E-state index is 0.777. The topological polar surface area (TPSA) is 26.0 Å². The highest BCUT2D eigenvalue weighted by Gasteiger charge is 1.89. The van der Waals surface area contributed by atoms with E-state index in [0.29, 0.717) is 0 Å². The first-order valence-electron chi connectivity index (χ1n) is 4.57. The summed E-state index contributed by atoms with van der Waals surface area (Å²) >= 11 is 1.75. The van der Waals surface area contributed by atoms with E-state index in [1.165, 1.54) is 4.88 Å². The van der Waals surface area contributed by atoms with Crippen LogP contribution in [0.3, 0.4) is 0 Å². The average Bonchev–Trinajstić information content (AvgIpc) is 2.51. The minimum Gasteiger partial charge on any atom is -0.330 e. The van der Waals surface area contributed by atoms with E-state index < -0.39 is 0 Å². The van der Waals surface area contributed by atoms with Gasteiger partial charge in [-0.1, -0.05) is 11.8 Å². The summed E-state index contributed by atoms with van der Waals surface area (Å²) in [6.45, 7) is 2.88. The third-order valence-corrected chi connectivity index (χ3v) is 2.58. The molecule has 0 fully saturated rings. The molecule has 0 atom stereocenters. The van der Waals surface area contributed by atoms with Crippen LogP contribution < -0.4 is 5.73 Å². The van der Waals surface area contributed by atoms with E-state index in [0.717, 1.165) is 31.4 Å². The van der Waals surface area contributed by atoms with Gasteiger partial charge in [0, 0.05) is 22.2 Å². The molecule has 0 bridgehead atoms. The number of aryl methyl sites for hydroxylation is 1. The molecule has 0 saturated heterocycles. The molecule has 0 aromatic carbocycles. The van der Waals surface area contributed by atoms with Crippen LogP contribution in [0.4, 0.5) is 0 Å². The van der Waals surface area contributed by atoms with E-state index >= 15 is 0 Å². The van der Waals surface area contributed by atoms with Crippen molar-refractivity contribution in [3.63, 3.8) is 0 Å².